The zero-order valence-corrected chi connectivity index (χ0v) is 7.26. The largest absolute Gasteiger partial charge is 0.472 e. The van der Waals surface area contributed by atoms with Gasteiger partial charge in [0.25, 0.3) is 0 Å². The first-order valence-electron chi connectivity index (χ1n) is 3.73. The monoisotopic (exact) mass is 154 g/mol. The number of ether oxygens (including phenoxy) is 1. The Morgan fingerprint density at radius 3 is 2.64 bits per heavy atom. The molecular formula is C9H14O2. The van der Waals surface area contributed by atoms with Crippen LogP contribution in [0.2, 0.25) is 0 Å². The number of rotatable bonds is 2. The van der Waals surface area contributed by atoms with E-state index in [1.807, 2.05) is 26.8 Å². The molecule has 2 nitrogen and oxygen atoms in total. The molecule has 1 aromatic rings. The molecule has 2 heteroatoms. The quantitative estimate of drug-likeness (QED) is 0.653. The Morgan fingerprint density at radius 1 is 1.45 bits per heavy atom. The van der Waals surface area contributed by atoms with Crippen LogP contribution in [-0.2, 0) is 11.3 Å². The summed E-state index contributed by atoms with van der Waals surface area (Å²) in [7, 11) is 0. The molecule has 0 aliphatic rings. The second kappa shape index (κ2) is 3.09. The molecule has 11 heavy (non-hydrogen) atoms. The van der Waals surface area contributed by atoms with Crippen LogP contribution in [-0.4, -0.2) is 5.60 Å². The van der Waals surface area contributed by atoms with Crippen LogP contribution < -0.4 is 0 Å². The van der Waals surface area contributed by atoms with Crippen molar-refractivity contribution in [2.24, 2.45) is 0 Å². The first-order valence-corrected chi connectivity index (χ1v) is 3.73. The van der Waals surface area contributed by atoms with E-state index in [0.717, 1.165) is 5.56 Å². The molecule has 0 spiro atoms. The van der Waals surface area contributed by atoms with Gasteiger partial charge in [-0.25, -0.2) is 0 Å². The zero-order chi connectivity index (χ0) is 8.32. The van der Waals surface area contributed by atoms with Gasteiger partial charge in [0.2, 0.25) is 0 Å². The Morgan fingerprint density at radius 2 is 2.18 bits per heavy atom. The predicted octanol–water partition coefficient (Wildman–Crippen LogP) is 2.59. The Kier molecular flexibility index (Phi) is 2.35. The van der Waals surface area contributed by atoms with Crippen molar-refractivity contribution >= 4 is 0 Å². The van der Waals surface area contributed by atoms with Crippen LogP contribution in [0, 0.1) is 0 Å². The van der Waals surface area contributed by atoms with Gasteiger partial charge >= 0.3 is 0 Å². The Hall–Kier alpha value is -0.760. The second-order valence-corrected chi connectivity index (χ2v) is 3.53. The summed E-state index contributed by atoms with van der Waals surface area (Å²) in [6.45, 7) is 6.73. The molecule has 0 radical (unpaired) electrons. The highest BCUT2D eigenvalue weighted by Gasteiger charge is 2.09. The summed E-state index contributed by atoms with van der Waals surface area (Å²) in [6.07, 6.45) is 3.35. The summed E-state index contributed by atoms with van der Waals surface area (Å²) < 4.78 is 10.4. The van der Waals surface area contributed by atoms with E-state index in [2.05, 4.69) is 0 Å². The molecular weight excluding hydrogens is 140 g/mol. The maximum absolute atomic E-state index is 5.51. The SMILES string of the molecule is CC(C)(C)OCc1ccoc1. The molecule has 0 bridgehead atoms. The molecule has 1 heterocycles. The fourth-order valence-corrected chi connectivity index (χ4v) is 0.675. The molecule has 0 saturated heterocycles. The molecule has 1 rings (SSSR count). The van der Waals surface area contributed by atoms with Crippen molar-refractivity contribution in [1.29, 1.82) is 0 Å². The lowest BCUT2D eigenvalue weighted by Gasteiger charge is -2.18. The van der Waals surface area contributed by atoms with E-state index in [0.29, 0.717) is 6.61 Å². The van der Waals surface area contributed by atoms with Gasteiger partial charge in [0.05, 0.1) is 24.7 Å². The first kappa shape index (κ1) is 8.34. The Bertz CT molecular complexity index is 194. The van der Waals surface area contributed by atoms with Crippen LogP contribution in [0.25, 0.3) is 0 Å². The van der Waals surface area contributed by atoms with Gasteiger partial charge in [0, 0.05) is 5.56 Å². The molecule has 62 valence electrons. The predicted molar refractivity (Wildman–Crippen MR) is 43.3 cm³/mol. The Balaban J connectivity index is 2.35. The number of hydrogen-bond donors (Lipinski definition) is 0. The second-order valence-electron chi connectivity index (χ2n) is 3.53. The number of hydrogen-bond acceptors (Lipinski definition) is 2. The summed E-state index contributed by atoms with van der Waals surface area (Å²) in [5.74, 6) is 0. The normalized spacial score (nSPS) is 11.9. The van der Waals surface area contributed by atoms with Crippen LogP contribution in [0.3, 0.4) is 0 Å². The van der Waals surface area contributed by atoms with Gasteiger partial charge in [-0.3, -0.25) is 0 Å². The standard InChI is InChI=1S/C9H14O2/c1-9(2,3)11-7-8-4-5-10-6-8/h4-6H,7H2,1-3H3. The fourth-order valence-electron chi connectivity index (χ4n) is 0.675. The topological polar surface area (TPSA) is 22.4 Å². The van der Waals surface area contributed by atoms with Crippen LogP contribution >= 0.6 is 0 Å². The van der Waals surface area contributed by atoms with Crippen LogP contribution in [0.15, 0.2) is 23.0 Å². The molecule has 0 atom stereocenters. The minimum Gasteiger partial charge on any atom is -0.472 e. The van der Waals surface area contributed by atoms with Gasteiger partial charge in [0.15, 0.2) is 0 Å². The summed E-state index contributed by atoms with van der Waals surface area (Å²) >= 11 is 0. The van der Waals surface area contributed by atoms with Crippen molar-refractivity contribution < 1.29 is 9.15 Å². The molecule has 1 aromatic heterocycles. The maximum Gasteiger partial charge on any atom is 0.0957 e. The lowest BCUT2D eigenvalue weighted by molar-refractivity contribution is -0.0151. The van der Waals surface area contributed by atoms with Crippen molar-refractivity contribution in [2.75, 3.05) is 0 Å². The highest BCUT2D eigenvalue weighted by molar-refractivity contribution is 5.03. The lowest BCUT2D eigenvalue weighted by Crippen LogP contribution is -2.18. The maximum atomic E-state index is 5.51. The van der Waals surface area contributed by atoms with E-state index in [-0.39, 0.29) is 5.60 Å². The van der Waals surface area contributed by atoms with E-state index in [1.54, 1.807) is 12.5 Å². The third-order valence-corrected chi connectivity index (χ3v) is 1.25. The molecule has 0 amide bonds. The molecule has 0 unspecified atom stereocenters. The summed E-state index contributed by atoms with van der Waals surface area (Å²) in [5.41, 5.74) is 1.01. The third-order valence-electron chi connectivity index (χ3n) is 1.25. The van der Waals surface area contributed by atoms with Crippen molar-refractivity contribution in [2.45, 2.75) is 33.0 Å². The van der Waals surface area contributed by atoms with Crippen LogP contribution in [0.1, 0.15) is 26.3 Å². The zero-order valence-electron chi connectivity index (χ0n) is 7.26. The summed E-state index contributed by atoms with van der Waals surface area (Å²) in [4.78, 5) is 0. The molecule has 0 aliphatic carbocycles. The summed E-state index contributed by atoms with van der Waals surface area (Å²) in [6, 6.07) is 1.91. The molecule has 0 aromatic carbocycles. The van der Waals surface area contributed by atoms with Gasteiger partial charge in [-0.15, -0.1) is 0 Å². The average molecular weight is 154 g/mol. The lowest BCUT2D eigenvalue weighted by atomic mass is 10.2. The molecule has 0 saturated carbocycles. The third kappa shape index (κ3) is 3.23. The Labute approximate surface area is 67.2 Å². The molecule has 0 N–H and O–H groups in total. The summed E-state index contributed by atoms with van der Waals surface area (Å²) in [5, 5.41) is 0. The minimum atomic E-state index is -0.0722. The van der Waals surface area contributed by atoms with E-state index in [9.17, 15) is 0 Å². The van der Waals surface area contributed by atoms with E-state index >= 15 is 0 Å². The van der Waals surface area contributed by atoms with Gasteiger partial charge in [-0.05, 0) is 26.8 Å². The van der Waals surface area contributed by atoms with Crippen molar-refractivity contribution in [3.05, 3.63) is 24.2 Å². The molecule has 0 fully saturated rings. The van der Waals surface area contributed by atoms with E-state index < -0.39 is 0 Å². The van der Waals surface area contributed by atoms with Crippen LogP contribution in [0.5, 0.6) is 0 Å². The fraction of sp³-hybridized carbons (Fsp3) is 0.556. The van der Waals surface area contributed by atoms with E-state index in [4.69, 9.17) is 9.15 Å². The van der Waals surface area contributed by atoms with Crippen LogP contribution in [0.4, 0.5) is 0 Å². The first-order chi connectivity index (χ1) is 5.08. The molecule has 0 aliphatic heterocycles. The van der Waals surface area contributed by atoms with Gasteiger partial charge in [-0.1, -0.05) is 0 Å². The van der Waals surface area contributed by atoms with Crippen molar-refractivity contribution in [3.8, 4) is 0 Å². The van der Waals surface area contributed by atoms with Gasteiger partial charge < -0.3 is 9.15 Å². The smallest absolute Gasteiger partial charge is 0.0957 e. The number of furan rings is 1. The van der Waals surface area contributed by atoms with Gasteiger partial charge in [-0.2, -0.15) is 0 Å². The average Bonchev–Trinajstić information content (AvgIpc) is 2.32. The minimum absolute atomic E-state index is 0.0722. The highest BCUT2D eigenvalue weighted by Crippen LogP contribution is 2.11. The highest BCUT2D eigenvalue weighted by atomic mass is 16.5. The van der Waals surface area contributed by atoms with E-state index in [1.165, 1.54) is 0 Å². The van der Waals surface area contributed by atoms with Crippen molar-refractivity contribution in [3.63, 3.8) is 0 Å². The van der Waals surface area contributed by atoms with Crippen molar-refractivity contribution in [1.82, 2.24) is 0 Å². The van der Waals surface area contributed by atoms with Gasteiger partial charge in [0.1, 0.15) is 0 Å².